The Bertz CT molecular complexity index is 1430. The molecule has 33 heavy (non-hydrogen) atoms. The lowest BCUT2D eigenvalue weighted by Gasteiger charge is -2.17. The Morgan fingerprint density at radius 3 is 2.70 bits per heavy atom. The van der Waals surface area contributed by atoms with E-state index in [9.17, 15) is 9.59 Å². The SMILES string of the molecule is CNC(=O)CC1CCN(C(=O)c2ccc3cc(-c4cc5cc(C#N)ccc5[nH]4)ccc3c2)C1. The van der Waals surface area contributed by atoms with E-state index >= 15 is 0 Å². The molecule has 3 aromatic carbocycles. The lowest BCUT2D eigenvalue weighted by molar-refractivity contribution is -0.121. The summed E-state index contributed by atoms with van der Waals surface area (Å²) in [5.74, 6) is 0.262. The number of nitriles is 1. The third kappa shape index (κ3) is 4.06. The van der Waals surface area contributed by atoms with Crippen LogP contribution in [-0.4, -0.2) is 41.8 Å². The average Bonchev–Trinajstić information content (AvgIpc) is 3.49. The molecule has 0 aliphatic carbocycles. The van der Waals surface area contributed by atoms with E-state index in [1.807, 2.05) is 53.4 Å². The van der Waals surface area contributed by atoms with Gasteiger partial charge in [-0.05, 0) is 71.1 Å². The first-order valence-electron chi connectivity index (χ1n) is 11.1. The number of nitrogens with zero attached hydrogens (tertiary/aromatic N) is 2. The number of rotatable bonds is 4. The number of amides is 2. The van der Waals surface area contributed by atoms with Gasteiger partial charge in [-0.2, -0.15) is 5.26 Å². The summed E-state index contributed by atoms with van der Waals surface area (Å²) in [6.45, 7) is 1.31. The Balaban J connectivity index is 1.37. The highest BCUT2D eigenvalue weighted by atomic mass is 16.2. The number of aromatic nitrogens is 1. The third-order valence-corrected chi connectivity index (χ3v) is 6.47. The van der Waals surface area contributed by atoms with Crippen LogP contribution in [0.1, 0.15) is 28.8 Å². The number of nitrogens with one attached hydrogen (secondary N) is 2. The van der Waals surface area contributed by atoms with Gasteiger partial charge in [-0.1, -0.05) is 18.2 Å². The second-order valence-electron chi connectivity index (χ2n) is 8.66. The van der Waals surface area contributed by atoms with Crippen LogP contribution >= 0.6 is 0 Å². The summed E-state index contributed by atoms with van der Waals surface area (Å²) in [4.78, 5) is 29.9. The van der Waals surface area contributed by atoms with Gasteiger partial charge < -0.3 is 15.2 Å². The molecule has 6 nitrogen and oxygen atoms in total. The molecule has 1 atom stereocenters. The topological polar surface area (TPSA) is 89.0 Å². The highest BCUT2D eigenvalue weighted by Crippen LogP contribution is 2.29. The number of H-pyrrole nitrogens is 1. The number of benzene rings is 3. The van der Waals surface area contributed by atoms with Crippen molar-refractivity contribution in [1.29, 1.82) is 5.26 Å². The van der Waals surface area contributed by atoms with E-state index in [4.69, 9.17) is 5.26 Å². The highest BCUT2D eigenvalue weighted by Gasteiger charge is 2.28. The molecule has 1 saturated heterocycles. The van der Waals surface area contributed by atoms with Crippen molar-refractivity contribution in [3.8, 4) is 17.3 Å². The van der Waals surface area contributed by atoms with Crippen LogP contribution in [0.15, 0.2) is 60.7 Å². The molecule has 2 N–H and O–H groups in total. The molecule has 6 heteroatoms. The fraction of sp³-hybridized carbons (Fsp3) is 0.222. The summed E-state index contributed by atoms with van der Waals surface area (Å²) in [6, 6.07) is 21.8. The van der Waals surface area contributed by atoms with Gasteiger partial charge in [-0.15, -0.1) is 0 Å². The van der Waals surface area contributed by atoms with E-state index < -0.39 is 0 Å². The first-order valence-corrected chi connectivity index (χ1v) is 11.1. The molecule has 0 radical (unpaired) electrons. The molecular weight excluding hydrogens is 412 g/mol. The maximum Gasteiger partial charge on any atom is 0.253 e. The lowest BCUT2D eigenvalue weighted by atomic mass is 10.0. The van der Waals surface area contributed by atoms with Crippen molar-refractivity contribution in [2.45, 2.75) is 12.8 Å². The second-order valence-corrected chi connectivity index (χ2v) is 8.66. The lowest BCUT2D eigenvalue weighted by Crippen LogP contribution is -2.29. The van der Waals surface area contributed by atoms with Gasteiger partial charge in [0, 0.05) is 48.7 Å². The van der Waals surface area contributed by atoms with E-state index in [-0.39, 0.29) is 17.7 Å². The van der Waals surface area contributed by atoms with Crippen LogP contribution in [0.25, 0.3) is 32.9 Å². The van der Waals surface area contributed by atoms with Gasteiger partial charge in [0.15, 0.2) is 0 Å². The van der Waals surface area contributed by atoms with Gasteiger partial charge in [0.2, 0.25) is 5.91 Å². The molecule has 164 valence electrons. The number of fused-ring (bicyclic) bond motifs is 2. The molecule has 1 fully saturated rings. The summed E-state index contributed by atoms with van der Waals surface area (Å²) in [6.07, 6.45) is 1.32. The Hall–Kier alpha value is -4.11. The van der Waals surface area contributed by atoms with Crippen molar-refractivity contribution in [2.24, 2.45) is 5.92 Å². The fourth-order valence-electron chi connectivity index (χ4n) is 4.63. The van der Waals surface area contributed by atoms with Crippen LogP contribution in [-0.2, 0) is 4.79 Å². The standard InChI is InChI=1S/C27H24N4O2/c1-29-26(32)11-18-8-9-31(16-18)27(33)22-6-4-19-12-21(5-3-20(19)13-22)25-14-23-10-17(15-28)2-7-24(23)30-25/h2-7,10,12-14,18,30H,8-9,11,16H2,1H3,(H,29,32). The maximum atomic E-state index is 13.0. The summed E-state index contributed by atoms with van der Waals surface area (Å²) in [7, 11) is 1.64. The normalized spacial score (nSPS) is 15.6. The molecule has 1 aromatic heterocycles. The molecular formula is C27H24N4O2. The zero-order valence-electron chi connectivity index (χ0n) is 18.4. The molecule has 2 amide bonds. The van der Waals surface area contributed by atoms with Crippen molar-refractivity contribution in [3.63, 3.8) is 0 Å². The van der Waals surface area contributed by atoms with Crippen molar-refractivity contribution in [3.05, 3.63) is 71.8 Å². The Morgan fingerprint density at radius 2 is 1.88 bits per heavy atom. The van der Waals surface area contributed by atoms with Crippen LogP contribution in [0.4, 0.5) is 0 Å². The second kappa shape index (κ2) is 8.44. The molecule has 1 aliphatic rings. The Labute approximate surface area is 191 Å². The van der Waals surface area contributed by atoms with Gasteiger partial charge >= 0.3 is 0 Å². The van der Waals surface area contributed by atoms with Crippen molar-refractivity contribution in [1.82, 2.24) is 15.2 Å². The minimum atomic E-state index is 0.0179. The predicted octanol–water partition coefficient (Wildman–Crippen LogP) is 4.46. The average molecular weight is 437 g/mol. The van der Waals surface area contributed by atoms with E-state index in [0.29, 0.717) is 30.6 Å². The molecule has 0 saturated carbocycles. The van der Waals surface area contributed by atoms with E-state index in [1.165, 1.54) is 0 Å². The zero-order valence-corrected chi connectivity index (χ0v) is 18.4. The number of hydrogen-bond donors (Lipinski definition) is 2. The molecule has 2 heterocycles. The first-order chi connectivity index (χ1) is 16.0. The van der Waals surface area contributed by atoms with Crippen LogP contribution < -0.4 is 5.32 Å². The maximum absolute atomic E-state index is 13.0. The Kier molecular flexibility index (Phi) is 5.31. The summed E-state index contributed by atoms with van der Waals surface area (Å²) < 4.78 is 0. The number of likely N-dealkylation sites (tertiary alicyclic amines) is 1. The summed E-state index contributed by atoms with van der Waals surface area (Å²) in [5.41, 5.74) is 4.34. The number of carbonyl (C=O) groups excluding carboxylic acids is 2. The smallest absolute Gasteiger partial charge is 0.253 e. The van der Waals surface area contributed by atoms with Gasteiger partial charge in [0.1, 0.15) is 0 Å². The van der Waals surface area contributed by atoms with Gasteiger partial charge in [-0.3, -0.25) is 9.59 Å². The summed E-state index contributed by atoms with van der Waals surface area (Å²) in [5, 5.41) is 14.9. The number of carbonyl (C=O) groups is 2. The molecule has 5 rings (SSSR count). The first kappa shape index (κ1) is 20.8. The molecule has 4 aromatic rings. The Morgan fingerprint density at radius 1 is 1.06 bits per heavy atom. The molecule has 1 unspecified atom stereocenters. The minimum Gasteiger partial charge on any atom is -0.359 e. The monoisotopic (exact) mass is 436 g/mol. The molecule has 0 spiro atoms. The van der Waals surface area contributed by atoms with Crippen molar-refractivity contribution >= 4 is 33.5 Å². The minimum absolute atomic E-state index is 0.0179. The van der Waals surface area contributed by atoms with E-state index in [1.54, 1.807) is 7.05 Å². The van der Waals surface area contributed by atoms with Crippen molar-refractivity contribution in [2.75, 3.05) is 20.1 Å². The highest BCUT2D eigenvalue weighted by molar-refractivity contribution is 5.99. The van der Waals surface area contributed by atoms with Gasteiger partial charge in [0.05, 0.1) is 11.6 Å². The fourth-order valence-corrected chi connectivity index (χ4v) is 4.63. The van der Waals surface area contributed by atoms with Crippen molar-refractivity contribution < 1.29 is 9.59 Å². The van der Waals surface area contributed by atoms with Gasteiger partial charge in [0.25, 0.3) is 5.91 Å². The molecule has 0 bridgehead atoms. The number of aromatic amines is 1. The quantitative estimate of drug-likeness (QED) is 0.495. The van der Waals surface area contributed by atoms with Crippen LogP contribution in [0.2, 0.25) is 0 Å². The van der Waals surface area contributed by atoms with Crippen LogP contribution in [0.5, 0.6) is 0 Å². The van der Waals surface area contributed by atoms with Gasteiger partial charge in [-0.25, -0.2) is 0 Å². The zero-order chi connectivity index (χ0) is 22.9. The predicted molar refractivity (Wildman–Crippen MR) is 129 cm³/mol. The van der Waals surface area contributed by atoms with Crippen LogP contribution in [0, 0.1) is 17.2 Å². The summed E-state index contributed by atoms with van der Waals surface area (Å²) >= 11 is 0. The van der Waals surface area contributed by atoms with E-state index in [0.717, 1.165) is 39.4 Å². The number of hydrogen-bond acceptors (Lipinski definition) is 3. The van der Waals surface area contributed by atoms with E-state index in [2.05, 4.69) is 28.5 Å². The molecule has 1 aliphatic heterocycles. The van der Waals surface area contributed by atoms with Crippen LogP contribution in [0.3, 0.4) is 0 Å². The third-order valence-electron chi connectivity index (χ3n) is 6.47. The largest absolute Gasteiger partial charge is 0.359 e.